The SMILES string of the molecule is COc1ccccc1COc1c(CN)cccc1OC. The Kier molecular flexibility index (Phi) is 4.85. The zero-order valence-corrected chi connectivity index (χ0v) is 11.8. The van der Waals surface area contributed by atoms with Gasteiger partial charge in [-0.1, -0.05) is 30.3 Å². The molecule has 20 heavy (non-hydrogen) atoms. The maximum atomic E-state index is 5.89. The van der Waals surface area contributed by atoms with E-state index in [4.69, 9.17) is 19.9 Å². The van der Waals surface area contributed by atoms with Gasteiger partial charge in [-0.2, -0.15) is 0 Å². The zero-order chi connectivity index (χ0) is 14.4. The molecule has 2 aromatic carbocycles. The summed E-state index contributed by atoms with van der Waals surface area (Å²) in [5.74, 6) is 2.17. The quantitative estimate of drug-likeness (QED) is 0.879. The number of hydrogen-bond acceptors (Lipinski definition) is 4. The molecule has 0 heterocycles. The van der Waals surface area contributed by atoms with Crippen LogP contribution in [-0.2, 0) is 13.2 Å². The van der Waals surface area contributed by atoms with Crippen molar-refractivity contribution < 1.29 is 14.2 Å². The van der Waals surface area contributed by atoms with Crippen LogP contribution in [0.15, 0.2) is 42.5 Å². The average Bonchev–Trinajstić information content (AvgIpc) is 2.52. The first-order valence-corrected chi connectivity index (χ1v) is 6.40. The van der Waals surface area contributed by atoms with Gasteiger partial charge in [0, 0.05) is 17.7 Å². The Balaban J connectivity index is 2.22. The third kappa shape index (κ3) is 3.03. The summed E-state index contributed by atoms with van der Waals surface area (Å²) in [7, 11) is 3.26. The van der Waals surface area contributed by atoms with Crippen LogP contribution >= 0.6 is 0 Å². The van der Waals surface area contributed by atoms with Crippen LogP contribution in [0.3, 0.4) is 0 Å². The van der Waals surface area contributed by atoms with Gasteiger partial charge in [0.05, 0.1) is 14.2 Å². The van der Waals surface area contributed by atoms with Gasteiger partial charge < -0.3 is 19.9 Å². The van der Waals surface area contributed by atoms with Gasteiger partial charge >= 0.3 is 0 Å². The van der Waals surface area contributed by atoms with E-state index in [0.717, 1.165) is 16.9 Å². The molecule has 0 aromatic heterocycles. The van der Waals surface area contributed by atoms with Crippen molar-refractivity contribution >= 4 is 0 Å². The minimum Gasteiger partial charge on any atom is -0.496 e. The molecule has 0 saturated heterocycles. The van der Waals surface area contributed by atoms with Gasteiger partial charge in [0.1, 0.15) is 12.4 Å². The highest BCUT2D eigenvalue weighted by Gasteiger charge is 2.11. The van der Waals surface area contributed by atoms with Gasteiger partial charge in [0.25, 0.3) is 0 Å². The Morgan fingerprint density at radius 1 is 0.850 bits per heavy atom. The number of hydrogen-bond donors (Lipinski definition) is 1. The molecule has 0 fully saturated rings. The van der Waals surface area contributed by atoms with E-state index in [0.29, 0.717) is 24.7 Å². The third-order valence-electron chi connectivity index (χ3n) is 3.06. The molecular weight excluding hydrogens is 254 g/mol. The molecule has 0 radical (unpaired) electrons. The van der Waals surface area contributed by atoms with E-state index in [-0.39, 0.29) is 0 Å². The summed E-state index contributed by atoms with van der Waals surface area (Å²) in [4.78, 5) is 0. The molecule has 0 aliphatic heterocycles. The van der Waals surface area contributed by atoms with Crippen LogP contribution in [0, 0.1) is 0 Å². The fraction of sp³-hybridized carbons (Fsp3) is 0.250. The third-order valence-corrected chi connectivity index (χ3v) is 3.06. The lowest BCUT2D eigenvalue weighted by Crippen LogP contribution is -2.05. The summed E-state index contributed by atoms with van der Waals surface area (Å²) >= 11 is 0. The molecule has 106 valence electrons. The summed E-state index contributed by atoms with van der Waals surface area (Å²) < 4.78 is 16.5. The smallest absolute Gasteiger partial charge is 0.166 e. The number of benzene rings is 2. The second-order valence-corrected chi connectivity index (χ2v) is 4.25. The van der Waals surface area contributed by atoms with E-state index in [1.165, 1.54) is 0 Å². The molecule has 4 heteroatoms. The Bertz CT molecular complexity index is 547. The number of rotatable bonds is 6. The van der Waals surface area contributed by atoms with E-state index >= 15 is 0 Å². The lowest BCUT2D eigenvalue weighted by Gasteiger charge is -2.15. The molecule has 0 unspecified atom stereocenters. The molecule has 0 amide bonds. The molecule has 2 N–H and O–H groups in total. The van der Waals surface area contributed by atoms with Gasteiger partial charge in [-0.05, 0) is 12.1 Å². The summed E-state index contributed by atoms with van der Waals surface area (Å²) in [6.45, 7) is 0.801. The standard InChI is InChI=1S/C16H19NO3/c1-18-14-8-4-3-6-13(14)11-20-16-12(10-17)7-5-9-15(16)19-2/h3-9H,10-11,17H2,1-2H3. The van der Waals surface area contributed by atoms with Gasteiger partial charge in [-0.15, -0.1) is 0 Å². The predicted molar refractivity (Wildman–Crippen MR) is 78.2 cm³/mol. The first-order chi connectivity index (χ1) is 9.80. The lowest BCUT2D eigenvalue weighted by molar-refractivity contribution is 0.275. The Hall–Kier alpha value is -2.20. The summed E-state index contributed by atoms with van der Waals surface area (Å²) in [5, 5.41) is 0. The number of ether oxygens (including phenoxy) is 3. The maximum absolute atomic E-state index is 5.89. The van der Waals surface area contributed by atoms with Crippen molar-refractivity contribution in [2.45, 2.75) is 13.2 Å². The highest BCUT2D eigenvalue weighted by atomic mass is 16.5. The second kappa shape index (κ2) is 6.82. The Morgan fingerprint density at radius 3 is 2.20 bits per heavy atom. The summed E-state index contributed by atoms with van der Waals surface area (Å²) in [5.41, 5.74) is 7.63. The van der Waals surface area contributed by atoms with Crippen LogP contribution in [0.2, 0.25) is 0 Å². The van der Waals surface area contributed by atoms with Crippen molar-refractivity contribution in [1.29, 1.82) is 0 Å². The largest absolute Gasteiger partial charge is 0.496 e. The molecule has 4 nitrogen and oxygen atoms in total. The zero-order valence-electron chi connectivity index (χ0n) is 11.8. The Morgan fingerprint density at radius 2 is 1.50 bits per heavy atom. The lowest BCUT2D eigenvalue weighted by atomic mass is 10.1. The minimum atomic E-state index is 0.400. The number of methoxy groups -OCH3 is 2. The van der Waals surface area contributed by atoms with Crippen LogP contribution < -0.4 is 19.9 Å². The molecule has 0 aliphatic rings. The molecule has 2 aromatic rings. The summed E-state index contributed by atoms with van der Waals surface area (Å²) in [6.07, 6.45) is 0. The number of para-hydroxylation sites is 2. The number of nitrogens with two attached hydrogens (primary N) is 1. The van der Waals surface area contributed by atoms with Crippen molar-refractivity contribution in [2.75, 3.05) is 14.2 Å². The highest BCUT2D eigenvalue weighted by Crippen LogP contribution is 2.32. The molecule has 0 spiro atoms. The second-order valence-electron chi connectivity index (χ2n) is 4.25. The van der Waals surface area contributed by atoms with Crippen LogP contribution in [0.4, 0.5) is 0 Å². The van der Waals surface area contributed by atoms with Crippen molar-refractivity contribution in [1.82, 2.24) is 0 Å². The fourth-order valence-electron chi connectivity index (χ4n) is 2.02. The highest BCUT2D eigenvalue weighted by molar-refractivity contribution is 5.47. The van der Waals surface area contributed by atoms with Gasteiger partial charge in [-0.3, -0.25) is 0 Å². The van der Waals surface area contributed by atoms with E-state index < -0.39 is 0 Å². The van der Waals surface area contributed by atoms with E-state index in [1.54, 1.807) is 14.2 Å². The molecule has 2 rings (SSSR count). The van der Waals surface area contributed by atoms with E-state index in [2.05, 4.69) is 0 Å². The van der Waals surface area contributed by atoms with Gasteiger partial charge in [0.2, 0.25) is 0 Å². The van der Waals surface area contributed by atoms with Crippen LogP contribution in [0.1, 0.15) is 11.1 Å². The average molecular weight is 273 g/mol. The molecule has 0 atom stereocenters. The van der Waals surface area contributed by atoms with Crippen molar-refractivity contribution in [3.05, 3.63) is 53.6 Å². The van der Waals surface area contributed by atoms with E-state index in [1.807, 2.05) is 42.5 Å². The predicted octanol–water partition coefficient (Wildman–Crippen LogP) is 2.74. The van der Waals surface area contributed by atoms with Crippen LogP contribution in [0.25, 0.3) is 0 Å². The van der Waals surface area contributed by atoms with Crippen molar-refractivity contribution in [2.24, 2.45) is 5.73 Å². The van der Waals surface area contributed by atoms with Gasteiger partial charge in [-0.25, -0.2) is 0 Å². The maximum Gasteiger partial charge on any atom is 0.166 e. The molecule has 0 aliphatic carbocycles. The van der Waals surface area contributed by atoms with Crippen molar-refractivity contribution in [3.8, 4) is 17.2 Å². The monoisotopic (exact) mass is 273 g/mol. The summed E-state index contributed by atoms with van der Waals surface area (Å²) in [6, 6.07) is 13.4. The van der Waals surface area contributed by atoms with Crippen molar-refractivity contribution in [3.63, 3.8) is 0 Å². The normalized spacial score (nSPS) is 10.2. The molecule has 0 bridgehead atoms. The van der Waals surface area contributed by atoms with Crippen LogP contribution in [-0.4, -0.2) is 14.2 Å². The topological polar surface area (TPSA) is 53.7 Å². The minimum absolute atomic E-state index is 0.400. The fourth-order valence-corrected chi connectivity index (χ4v) is 2.02. The van der Waals surface area contributed by atoms with Gasteiger partial charge in [0.15, 0.2) is 11.5 Å². The van der Waals surface area contributed by atoms with E-state index in [9.17, 15) is 0 Å². The van der Waals surface area contributed by atoms with Crippen LogP contribution in [0.5, 0.6) is 17.2 Å². The first-order valence-electron chi connectivity index (χ1n) is 6.40. The first kappa shape index (κ1) is 14.2. The Labute approximate surface area is 119 Å². The molecular formula is C16H19NO3. The molecule has 0 saturated carbocycles.